The van der Waals surface area contributed by atoms with Crippen LogP contribution in [-0.4, -0.2) is 35.7 Å². The second-order valence-corrected chi connectivity index (χ2v) is 8.32. The van der Waals surface area contributed by atoms with E-state index < -0.39 is 12.1 Å². The minimum absolute atomic E-state index is 0.330. The number of carbonyl (C=O) groups excluding carboxylic acids is 2. The summed E-state index contributed by atoms with van der Waals surface area (Å²) in [6.45, 7) is 1.99. The average molecular weight is 464 g/mol. The smallest absolute Gasteiger partial charge is 0.320 e. The number of allylic oxidation sites excluding steroid dienone is 3. The van der Waals surface area contributed by atoms with E-state index in [0.29, 0.717) is 28.4 Å². The first-order chi connectivity index (χ1) is 16.1. The van der Waals surface area contributed by atoms with Crippen LogP contribution in [0.3, 0.4) is 0 Å². The normalized spacial score (nSPS) is 17.4. The van der Waals surface area contributed by atoms with E-state index in [-0.39, 0.29) is 5.91 Å². The van der Waals surface area contributed by atoms with E-state index >= 15 is 0 Å². The number of anilines is 1. The molecule has 2 aromatic carbocycles. The highest BCUT2D eigenvalue weighted by molar-refractivity contribution is 6.30. The Hall–Kier alpha value is -3.58. The van der Waals surface area contributed by atoms with Gasteiger partial charge in [-0.15, -0.1) is 0 Å². The lowest BCUT2D eigenvalue weighted by molar-refractivity contribution is -0.122. The third-order valence-corrected chi connectivity index (χ3v) is 5.63. The molecule has 0 saturated carbocycles. The Balaban J connectivity index is 1.41. The standard InChI is InChI=1S/C25H26ClN5O2/c26-19-8-10-21(11-9-19)28-25(33)29-23(18-6-2-1-3-7-18)24(32)27-20-12-14-22(15-13-20)30-31-16-4-5-17-31/h1-3,6-14,23H,4-5,15-17H2,(H,27,32)(H2,28,29,33). The fraction of sp³-hybridized carbons (Fsp3) is 0.240. The Morgan fingerprint density at radius 1 is 0.939 bits per heavy atom. The van der Waals surface area contributed by atoms with Gasteiger partial charge in [-0.25, -0.2) is 4.79 Å². The van der Waals surface area contributed by atoms with Crippen molar-refractivity contribution in [1.82, 2.24) is 15.6 Å². The van der Waals surface area contributed by atoms with Crippen molar-refractivity contribution in [2.45, 2.75) is 25.3 Å². The Kier molecular flexibility index (Phi) is 7.42. The van der Waals surface area contributed by atoms with Crippen LogP contribution in [0.5, 0.6) is 0 Å². The fourth-order valence-corrected chi connectivity index (χ4v) is 3.80. The van der Waals surface area contributed by atoms with Crippen molar-refractivity contribution in [1.29, 1.82) is 0 Å². The second kappa shape index (κ2) is 10.8. The maximum absolute atomic E-state index is 13.1. The number of hydrogen-bond acceptors (Lipinski definition) is 4. The predicted molar refractivity (Wildman–Crippen MR) is 131 cm³/mol. The van der Waals surface area contributed by atoms with Gasteiger partial charge in [0, 0.05) is 35.9 Å². The van der Waals surface area contributed by atoms with E-state index in [1.807, 2.05) is 36.4 Å². The number of halogens is 1. The van der Waals surface area contributed by atoms with Gasteiger partial charge >= 0.3 is 6.03 Å². The number of urea groups is 1. The van der Waals surface area contributed by atoms with Crippen molar-refractivity contribution >= 4 is 34.9 Å². The van der Waals surface area contributed by atoms with Crippen LogP contribution in [0.15, 0.2) is 83.6 Å². The van der Waals surface area contributed by atoms with E-state index in [1.54, 1.807) is 36.4 Å². The summed E-state index contributed by atoms with van der Waals surface area (Å²) in [5.41, 5.74) is 2.90. The lowest BCUT2D eigenvalue weighted by Gasteiger charge is -2.20. The first kappa shape index (κ1) is 22.6. The summed E-state index contributed by atoms with van der Waals surface area (Å²) in [4.78, 5) is 25.7. The molecule has 1 saturated heterocycles. The number of hydrazone groups is 1. The highest BCUT2D eigenvalue weighted by Gasteiger charge is 2.23. The SMILES string of the molecule is O=C(Nc1ccc(Cl)cc1)NC(C(=O)NC1=CCC(=NN2CCCC2)C=C1)c1ccccc1. The van der Waals surface area contributed by atoms with Crippen LogP contribution < -0.4 is 16.0 Å². The molecular weight excluding hydrogens is 438 g/mol. The molecule has 3 N–H and O–H groups in total. The molecule has 2 aromatic rings. The molecule has 1 aliphatic heterocycles. The Morgan fingerprint density at radius 3 is 2.33 bits per heavy atom. The maximum atomic E-state index is 13.1. The Bertz CT molecular complexity index is 1070. The van der Waals surface area contributed by atoms with Gasteiger partial charge in [-0.3, -0.25) is 9.80 Å². The number of hydrogen-bond donors (Lipinski definition) is 3. The molecule has 0 aromatic heterocycles. The molecule has 170 valence electrons. The van der Waals surface area contributed by atoms with Gasteiger partial charge in [0.1, 0.15) is 6.04 Å². The molecule has 4 rings (SSSR count). The van der Waals surface area contributed by atoms with Crippen molar-refractivity contribution < 1.29 is 9.59 Å². The lowest BCUT2D eigenvalue weighted by atomic mass is 10.1. The number of amides is 3. The monoisotopic (exact) mass is 463 g/mol. The molecule has 8 heteroatoms. The molecule has 1 fully saturated rings. The molecule has 1 heterocycles. The van der Waals surface area contributed by atoms with Crippen molar-refractivity contribution in [3.8, 4) is 0 Å². The summed E-state index contributed by atoms with van der Waals surface area (Å²) in [6.07, 6.45) is 8.69. The van der Waals surface area contributed by atoms with Crippen LogP contribution in [0.2, 0.25) is 5.02 Å². The first-order valence-electron chi connectivity index (χ1n) is 11.0. The molecule has 0 spiro atoms. The summed E-state index contributed by atoms with van der Waals surface area (Å²) < 4.78 is 0. The minimum Gasteiger partial charge on any atom is -0.324 e. The summed E-state index contributed by atoms with van der Waals surface area (Å²) in [7, 11) is 0. The highest BCUT2D eigenvalue weighted by atomic mass is 35.5. The molecule has 1 unspecified atom stereocenters. The van der Waals surface area contributed by atoms with Crippen molar-refractivity contribution in [3.63, 3.8) is 0 Å². The number of nitrogens with one attached hydrogen (secondary N) is 3. The minimum atomic E-state index is -0.868. The van der Waals surface area contributed by atoms with Gasteiger partial charge in [-0.2, -0.15) is 5.10 Å². The third-order valence-electron chi connectivity index (χ3n) is 5.38. The van der Waals surface area contributed by atoms with Crippen molar-refractivity contribution in [2.75, 3.05) is 18.4 Å². The van der Waals surface area contributed by atoms with E-state index in [2.05, 4.69) is 26.1 Å². The highest BCUT2D eigenvalue weighted by Crippen LogP contribution is 2.17. The molecule has 1 atom stereocenters. The predicted octanol–water partition coefficient (Wildman–Crippen LogP) is 4.61. The number of nitrogens with zero attached hydrogens (tertiary/aromatic N) is 2. The molecule has 0 radical (unpaired) electrons. The van der Waals surface area contributed by atoms with E-state index in [0.717, 1.165) is 18.8 Å². The summed E-state index contributed by atoms with van der Waals surface area (Å²) in [6, 6.07) is 14.5. The van der Waals surface area contributed by atoms with Crippen LogP contribution in [0.4, 0.5) is 10.5 Å². The molecule has 2 aliphatic rings. The van der Waals surface area contributed by atoms with E-state index in [1.165, 1.54) is 12.8 Å². The molecule has 7 nitrogen and oxygen atoms in total. The Morgan fingerprint density at radius 2 is 1.67 bits per heavy atom. The quantitative estimate of drug-likeness (QED) is 0.584. The van der Waals surface area contributed by atoms with Gasteiger partial charge in [0.05, 0.1) is 5.71 Å². The third kappa shape index (κ3) is 6.46. The summed E-state index contributed by atoms with van der Waals surface area (Å²) in [5.74, 6) is -0.330. The average Bonchev–Trinajstić information content (AvgIpc) is 3.34. The van der Waals surface area contributed by atoms with Gasteiger partial charge in [0.25, 0.3) is 5.91 Å². The first-order valence-corrected chi connectivity index (χ1v) is 11.3. The van der Waals surface area contributed by atoms with Crippen LogP contribution in [-0.2, 0) is 4.79 Å². The zero-order valence-corrected chi connectivity index (χ0v) is 18.9. The van der Waals surface area contributed by atoms with Gasteiger partial charge in [-0.1, -0.05) is 48.0 Å². The van der Waals surface area contributed by atoms with Crippen molar-refractivity contribution in [2.24, 2.45) is 5.10 Å². The van der Waals surface area contributed by atoms with Gasteiger partial charge in [0.2, 0.25) is 0 Å². The largest absolute Gasteiger partial charge is 0.324 e. The number of benzene rings is 2. The van der Waals surface area contributed by atoms with Gasteiger partial charge < -0.3 is 16.0 Å². The molecular formula is C25H26ClN5O2. The fourth-order valence-electron chi connectivity index (χ4n) is 3.68. The summed E-state index contributed by atoms with van der Waals surface area (Å²) in [5, 5.41) is 15.7. The van der Waals surface area contributed by atoms with Crippen LogP contribution in [0, 0.1) is 0 Å². The van der Waals surface area contributed by atoms with Gasteiger partial charge in [-0.05, 0) is 54.8 Å². The zero-order valence-electron chi connectivity index (χ0n) is 18.1. The topological polar surface area (TPSA) is 85.8 Å². The van der Waals surface area contributed by atoms with Crippen molar-refractivity contribution in [3.05, 3.63) is 89.1 Å². The lowest BCUT2D eigenvalue weighted by Crippen LogP contribution is -2.41. The molecule has 1 aliphatic carbocycles. The van der Waals surface area contributed by atoms with E-state index in [4.69, 9.17) is 11.6 Å². The molecule has 3 amide bonds. The zero-order chi connectivity index (χ0) is 23.0. The summed E-state index contributed by atoms with van der Waals surface area (Å²) >= 11 is 5.90. The maximum Gasteiger partial charge on any atom is 0.320 e. The Labute approximate surface area is 198 Å². The molecule has 0 bridgehead atoms. The molecule has 33 heavy (non-hydrogen) atoms. The number of rotatable bonds is 6. The van der Waals surface area contributed by atoms with Crippen LogP contribution in [0.25, 0.3) is 0 Å². The van der Waals surface area contributed by atoms with Crippen LogP contribution in [0.1, 0.15) is 30.9 Å². The second-order valence-electron chi connectivity index (χ2n) is 7.89. The number of carbonyl (C=O) groups is 2. The van der Waals surface area contributed by atoms with Crippen LogP contribution >= 0.6 is 11.6 Å². The van der Waals surface area contributed by atoms with Gasteiger partial charge in [0.15, 0.2) is 0 Å². The van der Waals surface area contributed by atoms with E-state index in [9.17, 15) is 9.59 Å².